The van der Waals surface area contributed by atoms with Gasteiger partial charge in [-0.3, -0.25) is 19.4 Å². The molecule has 1 unspecified atom stereocenters. The van der Waals surface area contributed by atoms with Gasteiger partial charge in [0.05, 0.1) is 17.6 Å². The highest BCUT2D eigenvalue weighted by Crippen LogP contribution is 2.12. The Bertz CT molecular complexity index is 588. The summed E-state index contributed by atoms with van der Waals surface area (Å²) >= 11 is 5.80. The second kappa shape index (κ2) is 10.4. The fraction of sp³-hybridized carbons (Fsp3) is 0.611. The Balaban J connectivity index is 1.73. The Morgan fingerprint density at radius 3 is 2.62 bits per heavy atom. The number of anilines is 1. The van der Waals surface area contributed by atoms with Crippen LogP contribution in [0.1, 0.15) is 26.7 Å². The van der Waals surface area contributed by atoms with E-state index in [1.54, 1.807) is 12.1 Å². The molecule has 8 heteroatoms. The van der Waals surface area contributed by atoms with Crippen molar-refractivity contribution in [3.63, 3.8) is 0 Å². The van der Waals surface area contributed by atoms with E-state index in [0.29, 0.717) is 17.4 Å². The summed E-state index contributed by atoms with van der Waals surface area (Å²) in [5.41, 5.74) is 0. The molecule has 0 spiro atoms. The monoisotopic (exact) mass is 381 g/mol. The second-order valence-corrected chi connectivity index (χ2v) is 6.98. The second-order valence-electron chi connectivity index (χ2n) is 6.54. The number of piperazine rings is 1. The average molecular weight is 382 g/mol. The molecule has 0 saturated carbocycles. The number of carbonyl (C=O) groups excluding carboxylic acids is 2. The van der Waals surface area contributed by atoms with E-state index in [0.717, 1.165) is 45.6 Å². The number of hydrogen-bond acceptors (Lipinski definition) is 5. The van der Waals surface area contributed by atoms with Crippen LogP contribution in [-0.4, -0.2) is 71.9 Å². The van der Waals surface area contributed by atoms with Gasteiger partial charge in [-0.05, 0) is 25.5 Å². The minimum Gasteiger partial charge on any atom is -0.355 e. The standard InChI is InChI=1S/C18H28ClN5O2/c1-3-4-7-20-17(25)13-23-8-10-24(11-9-23)14(2)18(26)22-16-6-5-15(19)12-21-16/h5-6,12,14H,3-4,7-11,13H2,1-2H3,(H,20,25)(H,21,22,26). The van der Waals surface area contributed by atoms with Crippen molar-refractivity contribution >= 4 is 29.2 Å². The molecule has 1 saturated heterocycles. The summed E-state index contributed by atoms with van der Waals surface area (Å²) in [6.07, 6.45) is 3.59. The summed E-state index contributed by atoms with van der Waals surface area (Å²) in [7, 11) is 0. The van der Waals surface area contributed by atoms with Crippen LogP contribution in [0.15, 0.2) is 18.3 Å². The van der Waals surface area contributed by atoms with Crippen LogP contribution in [-0.2, 0) is 9.59 Å². The van der Waals surface area contributed by atoms with Gasteiger partial charge in [0.2, 0.25) is 11.8 Å². The number of rotatable bonds is 8. The molecule has 1 aliphatic rings. The summed E-state index contributed by atoms with van der Waals surface area (Å²) in [6.45, 7) is 8.22. The molecule has 0 aliphatic carbocycles. The summed E-state index contributed by atoms with van der Waals surface area (Å²) in [6, 6.07) is 3.12. The van der Waals surface area contributed by atoms with Gasteiger partial charge in [0.1, 0.15) is 5.82 Å². The number of amides is 2. The molecular formula is C18H28ClN5O2. The smallest absolute Gasteiger partial charge is 0.242 e. The van der Waals surface area contributed by atoms with Crippen molar-refractivity contribution in [2.24, 2.45) is 0 Å². The summed E-state index contributed by atoms with van der Waals surface area (Å²) < 4.78 is 0. The molecule has 1 aliphatic heterocycles. The van der Waals surface area contributed by atoms with Gasteiger partial charge in [-0.1, -0.05) is 24.9 Å². The molecule has 7 nitrogen and oxygen atoms in total. The lowest BCUT2D eigenvalue weighted by Crippen LogP contribution is -2.54. The van der Waals surface area contributed by atoms with Gasteiger partial charge in [-0.2, -0.15) is 0 Å². The average Bonchev–Trinajstić information content (AvgIpc) is 2.64. The van der Waals surface area contributed by atoms with Gasteiger partial charge in [0.25, 0.3) is 0 Å². The number of unbranched alkanes of at least 4 members (excludes halogenated alkanes) is 1. The number of aromatic nitrogens is 1. The summed E-state index contributed by atoms with van der Waals surface area (Å²) in [4.78, 5) is 32.6. The number of halogens is 1. The molecule has 1 aromatic rings. The van der Waals surface area contributed by atoms with E-state index in [1.807, 2.05) is 6.92 Å². The number of pyridine rings is 1. The number of hydrogen-bond donors (Lipinski definition) is 2. The van der Waals surface area contributed by atoms with Crippen molar-refractivity contribution in [2.45, 2.75) is 32.7 Å². The molecule has 0 radical (unpaired) electrons. The van der Waals surface area contributed by atoms with E-state index in [-0.39, 0.29) is 17.9 Å². The largest absolute Gasteiger partial charge is 0.355 e. The third kappa shape index (κ3) is 6.55. The molecule has 26 heavy (non-hydrogen) atoms. The maximum atomic E-state index is 12.4. The van der Waals surface area contributed by atoms with Gasteiger partial charge in [0, 0.05) is 38.9 Å². The van der Waals surface area contributed by atoms with Crippen LogP contribution >= 0.6 is 11.6 Å². The van der Waals surface area contributed by atoms with Crippen molar-refractivity contribution in [3.05, 3.63) is 23.4 Å². The third-order valence-corrected chi connectivity index (χ3v) is 4.76. The fourth-order valence-corrected chi connectivity index (χ4v) is 2.93. The fourth-order valence-electron chi connectivity index (χ4n) is 2.82. The van der Waals surface area contributed by atoms with Crippen molar-refractivity contribution in [3.8, 4) is 0 Å². The first-order chi connectivity index (χ1) is 12.5. The van der Waals surface area contributed by atoms with Crippen LogP contribution < -0.4 is 10.6 Å². The topological polar surface area (TPSA) is 77.6 Å². The minimum absolute atomic E-state index is 0.0755. The highest BCUT2D eigenvalue weighted by atomic mass is 35.5. The minimum atomic E-state index is -0.256. The molecule has 1 aromatic heterocycles. The Morgan fingerprint density at radius 1 is 1.27 bits per heavy atom. The maximum absolute atomic E-state index is 12.4. The summed E-state index contributed by atoms with van der Waals surface area (Å²) in [5, 5.41) is 6.28. The SMILES string of the molecule is CCCCNC(=O)CN1CCN(C(C)C(=O)Nc2ccc(Cl)cn2)CC1. The van der Waals surface area contributed by atoms with Gasteiger partial charge in [0.15, 0.2) is 0 Å². The molecule has 2 rings (SSSR count). The molecule has 2 amide bonds. The number of nitrogens with one attached hydrogen (secondary N) is 2. The van der Waals surface area contributed by atoms with E-state index >= 15 is 0 Å². The molecule has 1 fully saturated rings. The molecule has 144 valence electrons. The number of carbonyl (C=O) groups is 2. The molecule has 2 N–H and O–H groups in total. The zero-order chi connectivity index (χ0) is 18.9. The Morgan fingerprint density at radius 2 is 2.00 bits per heavy atom. The van der Waals surface area contributed by atoms with Crippen LogP contribution in [0.5, 0.6) is 0 Å². The normalized spacial score (nSPS) is 16.9. The van der Waals surface area contributed by atoms with Gasteiger partial charge < -0.3 is 10.6 Å². The highest BCUT2D eigenvalue weighted by Gasteiger charge is 2.26. The van der Waals surface area contributed by atoms with E-state index in [1.165, 1.54) is 6.20 Å². The van der Waals surface area contributed by atoms with Crippen molar-refractivity contribution < 1.29 is 9.59 Å². The molecule has 0 aromatic carbocycles. The van der Waals surface area contributed by atoms with E-state index < -0.39 is 0 Å². The molecule has 0 bridgehead atoms. The zero-order valence-corrected chi connectivity index (χ0v) is 16.3. The third-order valence-electron chi connectivity index (χ3n) is 4.53. The highest BCUT2D eigenvalue weighted by molar-refractivity contribution is 6.30. The van der Waals surface area contributed by atoms with Crippen LogP contribution in [0.3, 0.4) is 0 Å². The first-order valence-corrected chi connectivity index (χ1v) is 9.53. The van der Waals surface area contributed by atoms with Gasteiger partial charge in [-0.25, -0.2) is 4.98 Å². The molecule has 1 atom stereocenters. The van der Waals surface area contributed by atoms with Crippen LogP contribution in [0.4, 0.5) is 5.82 Å². The van der Waals surface area contributed by atoms with Crippen LogP contribution in [0.25, 0.3) is 0 Å². The Kier molecular flexibility index (Phi) is 8.28. The lowest BCUT2D eigenvalue weighted by atomic mass is 10.2. The van der Waals surface area contributed by atoms with Gasteiger partial charge in [-0.15, -0.1) is 0 Å². The lowest BCUT2D eigenvalue weighted by molar-refractivity contribution is -0.124. The van der Waals surface area contributed by atoms with Crippen molar-refractivity contribution in [1.29, 1.82) is 0 Å². The molecule has 2 heterocycles. The zero-order valence-electron chi connectivity index (χ0n) is 15.5. The van der Waals surface area contributed by atoms with Crippen molar-refractivity contribution in [2.75, 3.05) is 44.6 Å². The van der Waals surface area contributed by atoms with E-state index in [4.69, 9.17) is 11.6 Å². The first kappa shape index (κ1) is 20.6. The van der Waals surface area contributed by atoms with Crippen LogP contribution in [0.2, 0.25) is 5.02 Å². The van der Waals surface area contributed by atoms with Crippen LogP contribution in [0, 0.1) is 0 Å². The Hall–Kier alpha value is -1.70. The molecular weight excluding hydrogens is 354 g/mol. The van der Waals surface area contributed by atoms with Gasteiger partial charge >= 0.3 is 0 Å². The summed E-state index contributed by atoms with van der Waals surface area (Å²) in [5.74, 6) is 0.478. The predicted molar refractivity (Wildman–Crippen MR) is 103 cm³/mol. The Labute approximate surface area is 160 Å². The first-order valence-electron chi connectivity index (χ1n) is 9.15. The lowest BCUT2D eigenvalue weighted by Gasteiger charge is -2.37. The van der Waals surface area contributed by atoms with E-state index in [9.17, 15) is 9.59 Å². The van der Waals surface area contributed by atoms with E-state index in [2.05, 4.69) is 32.3 Å². The number of nitrogens with zero attached hydrogens (tertiary/aromatic N) is 3. The van der Waals surface area contributed by atoms with Crippen molar-refractivity contribution in [1.82, 2.24) is 20.1 Å². The predicted octanol–water partition coefficient (Wildman–Crippen LogP) is 1.60. The quantitative estimate of drug-likeness (QED) is 0.669. The maximum Gasteiger partial charge on any atom is 0.242 e.